The third-order valence-corrected chi connectivity index (χ3v) is 6.79. The highest BCUT2D eigenvalue weighted by Gasteiger charge is 2.37. The van der Waals surface area contributed by atoms with Crippen LogP contribution < -0.4 is 0 Å². The number of sulfonamides is 1. The van der Waals surface area contributed by atoms with Gasteiger partial charge in [-0.1, -0.05) is 23.2 Å². The summed E-state index contributed by atoms with van der Waals surface area (Å²) in [6.45, 7) is 0.887. The normalized spacial score (nSPS) is 23.5. The maximum absolute atomic E-state index is 12.4. The first-order valence-corrected chi connectivity index (χ1v) is 9.01. The van der Waals surface area contributed by atoms with Gasteiger partial charge in [0.15, 0.2) is 0 Å². The van der Waals surface area contributed by atoms with Crippen molar-refractivity contribution in [3.05, 3.63) is 33.8 Å². The van der Waals surface area contributed by atoms with Crippen molar-refractivity contribution in [2.24, 2.45) is 5.92 Å². The number of ether oxygens (including phenoxy) is 1. The molecule has 1 heterocycles. The average molecular weight is 352 g/mol. The van der Waals surface area contributed by atoms with Gasteiger partial charge in [-0.05, 0) is 36.6 Å². The Kier molecular flexibility index (Phi) is 5.54. The van der Waals surface area contributed by atoms with Crippen LogP contribution in [0.1, 0.15) is 12.0 Å². The Labute approximate surface area is 136 Å². The highest BCUT2D eigenvalue weighted by molar-refractivity contribution is 7.89. The number of hydrogen-bond acceptors (Lipinski definition) is 3. The van der Waals surface area contributed by atoms with Gasteiger partial charge in [-0.3, -0.25) is 0 Å². The summed E-state index contributed by atoms with van der Waals surface area (Å²) in [4.78, 5) is 0. The molecule has 0 radical (unpaired) electrons. The lowest BCUT2D eigenvalue weighted by Crippen LogP contribution is -2.44. The second kappa shape index (κ2) is 6.84. The molecular formula is C14H19Cl2NO3S. The minimum Gasteiger partial charge on any atom is -0.381 e. The quantitative estimate of drug-likeness (QED) is 0.837. The topological polar surface area (TPSA) is 46.6 Å². The average Bonchev–Trinajstić information content (AvgIpc) is 2.43. The highest BCUT2D eigenvalue weighted by Crippen LogP contribution is 2.30. The fourth-order valence-corrected chi connectivity index (χ4v) is 4.60. The van der Waals surface area contributed by atoms with Crippen LogP contribution in [0.25, 0.3) is 0 Å². The smallest absolute Gasteiger partial charge is 0.216 e. The molecule has 0 aromatic heterocycles. The monoisotopic (exact) mass is 351 g/mol. The van der Waals surface area contributed by atoms with Crippen molar-refractivity contribution < 1.29 is 13.2 Å². The predicted octanol–water partition coefficient (Wildman–Crippen LogP) is 2.83. The Balaban J connectivity index is 2.26. The van der Waals surface area contributed by atoms with Crippen LogP contribution in [-0.2, 0) is 21.2 Å². The zero-order valence-corrected chi connectivity index (χ0v) is 14.4. The van der Waals surface area contributed by atoms with Crippen LogP contribution in [-0.4, -0.2) is 45.3 Å². The molecule has 0 bridgehead atoms. The molecule has 2 rings (SSSR count). The van der Waals surface area contributed by atoms with Gasteiger partial charge >= 0.3 is 0 Å². The number of halogens is 2. The first kappa shape index (κ1) is 17.0. The molecule has 1 aliphatic heterocycles. The summed E-state index contributed by atoms with van der Waals surface area (Å²) in [6.07, 6.45) is 1.04. The van der Waals surface area contributed by atoms with E-state index in [0.717, 1.165) is 5.56 Å². The SMILES string of the molecule is CN(C)S(=O)(=O)[C@@H]1CCOC[C@H]1Cc1cc(Cl)ccc1Cl. The second-order valence-corrected chi connectivity index (χ2v) is 8.64. The summed E-state index contributed by atoms with van der Waals surface area (Å²) >= 11 is 12.2. The van der Waals surface area contributed by atoms with E-state index in [-0.39, 0.29) is 5.92 Å². The molecule has 4 nitrogen and oxygen atoms in total. The van der Waals surface area contributed by atoms with Crippen LogP contribution in [0.5, 0.6) is 0 Å². The lowest BCUT2D eigenvalue weighted by atomic mass is 9.93. The Bertz CT molecular complexity index is 604. The van der Waals surface area contributed by atoms with Gasteiger partial charge in [-0.25, -0.2) is 12.7 Å². The van der Waals surface area contributed by atoms with Gasteiger partial charge in [0.2, 0.25) is 10.0 Å². The van der Waals surface area contributed by atoms with Gasteiger partial charge in [-0.15, -0.1) is 0 Å². The summed E-state index contributed by atoms with van der Waals surface area (Å²) < 4.78 is 31.7. The van der Waals surface area contributed by atoms with Gasteiger partial charge in [0.05, 0.1) is 11.9 Å². The van der Waals surface area contributed by atoms with Crippen molar-refractivity contribution in [1.82, 2.24) is 4.31 Å². The van der Waals surface area contributed by atoms with Crippen molar-refractivity contribution in [2.45, 2.75) is 18.1 Å². The van der Waals surface area contributed by atoms with Crippen LogP contribution in [0, 0.1) is 5.92 Å². The third-order valence-electron chi connectivity index (χ3n) is 3.79. The standard InChI is InChI=1S/C14H19Cl2NO3S/c1-17(2)21(18,19)14-5-6-20-9-11(14)7-10-8-12(15)3-4-13(10)16/h3-4,8,11,14H,5-7,9H2,1-2H3/t11-,14-/m1/s1. The predicted molar refractivity (Wildman–Crippen MR) is 85.5 cm³/mol. The van der Waals surface area contributed by atoms with Crippen molar-refractivity contribution in [3.63, 3.8) is 0 Å². The summed E-state index contributed by atoms with van der Waals surface area (Å²) in [7, 11) is -0.188. The van der Waals surface area contributed by atoms with Crippen LogP contribution in [0.15, 0.2) is 18.2 Å². The van der Waals surface area contributed by atoms with Crippen LogP contribution >= 0.6 is 23.2 Å². The molecule has 1 aliphatic rings. The molecule has 1 aromatic rings. The van der Waals surface area contributed by atoms with E-state index in [1.165, 1.54) is 4.31 Å². The molecule has 0 spiro atoms. The Morgan fingerprint density at radius 3 is 2.71 bits per heavy atom. The Morgan fingerprint density at radius 2 is 2.05 bits per heavy atom. The third kappa shape index (κ3) is 3.90. The summed E-state index contributed by atoms with van der Waals surface area (Å²) in [6, 6.07) is 5.25. The molecule has 0 N–H and O–H groups in total. The number of benzene rings is 1. The maximum atomic E-state index is 12.4. The van der Waals surface area contributed by atoms with E-state index >= 15 is 0 Å². The zero-order chi connectivity index (χ0) is 15.6. The lowest BCUT2D eigenvalue weighted by molar-refractivity contribution is 0.0563. The van der Waals surface area contributed by atoms with E-state index in [2.05, 4.69) is 0 Å². The fourth-order valence-electron chi connectivity index (χ4n) is 2.61. The molecule has 0 saturated carbocycles. The van der Waals surface area contributed by atoms with Crippen LogP contribution in [0.2, 0.25) is 10.0 Å². The minimum atomic E-state index is -3.31. The first-order chi connectivity index (χ1) is 9.82. The highest BCUT2D eigenvalue weighted by atomic mass is 35.5. The number of nitrogens with zero attached hydrogens (tertiary/aromatic N) is 1. The molecule has 21 heavy (non-hydrogen) atoms. The van der Waals surface area contributed by atoms with Crippen LogP contribution in [0.3, 0.4) is 0 Å². The maximum Gasteiger partial charge on any atom is 0.216 e. The Morgan fingerprint density at radius 1 is 1.33 bits per heavy atom. The van der Waals surface area contributed by atoms with E-state index in [0.29, 0.717) is 36.1 Å². The lowest BCUT2D eigenvalue weighted by Gasteiger charge is -2.33. The van der Waals surface area contributed by atoms with E-state index in [1.54, 1.807) is 32.3 Å². The van der Waals surface area contributed by atoms with Crippen molar-refractivity contribution in [3.8, 4) is 0 Å². The second-order valence-electron chi connectivity index (χ2n) is 5.43. The summed E-state index contributed by atoms with van der Waals surface area (Å²) in [5.41, 5.74) is 0.860. The number of rotatable bonds is 4. The molecule has 118 valence electrons. The summed E-state index contributed by atoms with van der Waals surface area (Å²) in [5, 5.41) is 0.750. The Hall–Kier alpha value is -0.330. The largest absolute Gasteiger partial charge is 0.381 e. The van der Waals surface area contributed by atoms with Crippen molar-refractivity contribution >= 4 is 33.2 Å². The zero-order valence-electron chi connectivity index (χ0n) is 12.1. The van der Waals surface area contributed by atoms with Gasteiger partial charge in [0, 0.05) is 36.7 Å². The fraction of sp³-hybridized carbons (Fsp3) is 0.571. The van der Waals surface area contributed by atoms with Gasteiger partial charge in [0.25, 0.3) is 0 Å². The van der Waals surface area contributed by atoms with Gasteiger partial charge < -0.3 is 4.74 Å². The minimum absolute atomic E-state index is 0.123. The van der Waals surface area contributed by atoms with E-state index in [1.807, 2.05) is 0 Å². The molecule has 0 aliphatic carbocycles. The molecule has 1 saturated heterocycles. The number of hydrogen-bond donors (Lipinski definition) is 0. The molecular weight excluding hydrogens is 333 g/mol. The molecule has 2 atom stereocenters. The molecule has 0 unspecified atom stereocenters. The summed E-state index contributed by atoms with van der Waals surface area (Å²) in [5.74, 6) is -0.123. The molecule has 0 amide bonds. The van der Waals surface area contributed by atoms with Crippen molar-refractivity contribution in [2.75, 3.05) is 27.3 Å². The molecule has 1 fully saturated rings. The van der Waals surface area contributed by atoms with Crippen LogP contribution in [0.4, 0.5) is 0 Å². The van der Waals surface area contributed by atoms with Gasteiger partial charge in [0.1, 0.15) is 0 Å². The van der Waals surface area contributed by atoms with E-state index in [9.17, 15) is 8.42 Å². The van der Waals surface area contributed by atoms with E-state index in [4.69, 9.17) is 27.9 Å². The van der Waals surface area contributed by atoms with Crippen molar-refractivity contribution in [1.29, 1.82) is 0 Å². The molecule has 1 aromatic carbocycles. The van der Waals surface area contributed by atoms with E-state index < -0.39 is 15.3 Å². The van der Waals surface area contributed by atoms with Gasteiger partial charge in [-0.2, -0.15) is 0 Å². The molecule has 7 heteroatoms. The first-order valence-electron chi connectivity index (χ1n) is 6.75.